The maximum Gasteiger partial charge on any atom is 0.131 e. The summed E-state index contributed by atoms with van der Waals surface area (Å²) in [5.74, 6) is 2.70. The predicted octanol–water partition coefficient (Wildman–Crippen LogP) is 21.7. The van der Waals surface area contributed by atoms with Crippen molar-refractivity contribution >= 4 is 95.6 Å². The molecule has 0 aliphatic carbocycles. The molecule has 0 fully saturated rings. The highest BCUT2D eigenvalue weighted by molar-refractivity contribution is 9.10. The molecule has 1 N–H and O–H groups in total. The summed E-state index contributed by atoms with van der Waals surface area (Å²) in [6.07, 6.45) is 0. The average Bonchev–Trinajstić information content (AvgIpc) is 3.65. The van der Waals surface area contributed by atoms with E-state index in [4.69, 9.17) is 9.47 Å². The van der Waals surface area contributed by atoms with Gasteiger partial charge in [0.25, 0.3) is 0 Å². The monoisotopic (exact) mass is 1100 g/mol. The molecule has 0 aliphatic rings. The van der Waals surface area contributed by atoms with E-state index in [9.17, 15) is 0 Å². The van der Waals surface area contributed by atoms with Crippen LogP contribution in [0.15, 0.2) is 326 Å². The van der Waals surface area contributed by atoms with E-state index >= 15 is 0 Å². The third-order valence-corrected chi connectivity index (χ3v) is 13.8. The van der Waals surface area contributed by atoms with Crippen LogP contribution >= 0.6 is 15.9 Å². The van der Waals surface area contributed by atoms with Crippen molar-refractivity contribution in [1.29, 1.82) is 0 Å². The second kappa shape index (κ2) is 23.9. The maximum atomic E-state index is 7.20. The van der Waals surface area contributed by atoms with Crippen molar-refractivity contribution in [3.8, 4) is 23.0 Å². The molecule has 0 amide bonds. The van der Waals surface area contributed by atoms with Gasteiger partial charge in [-0.1, -0.05) is 162 Å². The molecule has 8 heteroatoms. The Morgan fingerprint density at radius 3 is 0.850 bits per heavy atom. The third-order valence-electron chi connectivity index (χ3n) is 13.4. The Hall–Kier alpha value is -10.3. The number of anilines is 14. The summed E-state index contributed by atoms with van der Waals surface area (Å²) in [4.78, 5) is 9.06. The minimum absolute atomic E-state index is 0.639. The Bertz CT molecular complexity index is 3880. The van der Waals surface area contributed by atoms with Crippen LogP contribution in [0.4, 0.5) is 79.6 Å². The van der Waals surface area contributed by atoms with Crippen LogP contribution in [0.5, 0.6) is 23.0 Å². The number of halogens is 1. The van der Waals surface area contributed by atoms with Gasteiger partial charge in [0.05, 0.1) is 11.4 Å². The molecule has 12 aromatic rings. The van der Waals surface area contributed by atoms with Crippen molar-refractivity contribution in [2.24, 2.45) is 0 Å². The van der Waals surface area contributed by atoms with Crippen LogP contribution in [0.1, 0.15) is 0 Å². The first-order valence-electron chi connectivity index (χ1n) is 26.5. The molecule has 0 heterocycles. The molecule has 0 aliphatic heterocycles. The van der Waals surface area contributed by atoms with Gasteiger partial charge in [-0.25, -0.2) is 0 Å². The lowest BCUT2D eigenvalue weighted by Gasteiger charge is -2.30. The van der Waals surface area contributed by atoms with E-state index in [-0.39, 0.29) is 0 Å². The fraction of sp³-hybridized carbons (Fsp3) is 0. The van der Waals surface area contributed by atoms with Gasteiger partial charge in [-0.05, 0) is 146 Å². The molecule has 0 saturated heterocycles. The van der Waals surface area contributed by atoms with Crippen molar-refractivity contribution in [3.05, 3.63) is 326 Å². The van der Waals surface area contributed by atoms with E-state index < -0.39 is 0 Å². The van der Waals surface area contributed by atoms with Crippen LogP contribution in [0, 0.1) is 0 Å². The van der Waals surface area contributed by atoms with E-state index in [2.05, 4.69) is 253 Å². The van der Waals surface area contributed by atoms with Crippen molar-refractivity contribution in [1.82, 2.24) is 0 Å². The standard InChI is InChI=1S/C72H54BrN5O2/c73-54-45-65(75(57-28-10-2-11-29-57)58-30-12-3-13-31-58)48-66(46-54)77(61-36-18-6-19-37-61)63-40-24-44-71(51-63)80-72-52-67(76(59-32-14-4-15-33-59)60-34-16-5-17-35-60)49-68(53-72)78(62-38-20-7-21-39-62)64-41-23-43-70(50-64)79-69-42-22-27-56(47-69)74-55-25-8-1-9-26-55/h1-53,74H. The van der Waals surface area contributed by atoms with E-state index in [0.717, 1.165) is 84.1 Å². The van der Waals surface area contributed by atoms with E-state index in [0.29, 0.717) is 23.0 Å². The van der Waals surface area contributed by atoms with Crippen molar-refractivity contribution in [2.45, 2.75) is 0 Å². The molecule has 0 atom stereocenters. The Kier molecular flexibility index (Phi) is 15.1. The Labute approximate surface area is 476 Å². The highest BCUT2D eigenvalue weighted by Crippen LogP contribution is 2.47. The Morgan fingerprint density at radius 1 is 0.212 bits per heavy atom. The summed E-state index contributed by atoms with van der Waals surface area (Å²) < 4.78 is 14.8. The SMILES string of the molecule is Brc1cc(N(c2ccccc2)c2ccccc2)cc(N(c2ccccc2)c2cccc(Oc3cc(N(c4ccccc4)c4ccccc4)cc(N(c4ccccc4)c4cccc(Oc5cccc(Nc6ccccc6)c5)c4)c3)c2)c1. The maximum absolute atomic E-state index is 7.20. The molecule has 386 valence electrons. The van der Waals surface area contributed by atoms with Gasteiger partial charge in [-0.3, -0.25) is 0 Å². The number of benzene rings is 12. The fourth-order valence-corrected chi connectivity index (χ4v) is 10.4. The molecule has 0 unspecified atom stereocenters. The zero-order valence-electron chi connectivity index (χ0n) is 43.6. The molecule has 0 saturated carbocycles. The lowest BCUT2D eigenvalue weighted by molar-refractivity contribution is 0.483. The number of nitrogens with zero attached hydrogens (tertiary/aromatic N) is 4. The number of nitrogens with one attached hydrogen (secondary N) is 1. The quantitative estimate of drug-likeness (QED) is 0.0918. The van der Waals surface area contributed by atoms with Gasteiger partial charge < -0.3 is 34.4 Å². The fourth-order valence-electron chi connectivity index (χ4n) is 9.92. The molecule has 12 rings (SSSR count). The van der Waals surface area contributed by atoms with E-state index in [1.165, 1.54) is 0 Å². The summed E-state index contributed by atoms with van der Waals surface area (Å²) in [5.41, 5.74) is 13.5. The highest BCUT2D eigenvalue weighted by Gasteiger charge is 2.22. The van der Waals surface area contributed by atoms with Crippen molar-refractivity contribution in [2.75, 3.05) is 24.9 Å². The van der Waals surface area contributed by atoms with Gasteiger partial charge in [-0.15, -0.1) is 0 Å². The van der Waals surface area contributed by atoms with E-state index in [1.807, 2.05) is 109 Å². The van der Waals surface area contributed by atoms with Crippen molar-refractivity contribution in [3.63, 3.8) is 0 Å². The predicted molar refractivity (Wildman–Crippen MR) is 336 cm³/mol. The van der Waals surface area contributed by atoms with Crippen LogP contribution < -0.4 is 34.4 Å². The van der Waals surface area contributed by atoms with E-state index in [1.54, 1.807) is 0 Å². The second-order valence-corrected chi connectivity index (χ2v) is 19.8. The third kappa shape index (κ3) is 11.8. The number of hydrogen-bond acceptors (Lipinski definition) is 7. The molecular weight excluding hydrogens is 1050 g/mol. The lowest BCUT2D eigenvalue weighted by atomic mass is 10.1. The summed E-state index contributed by atoms with van der Waals surface area (Å²) in [7, 11) is 0. The van der Waals surface area contributed by atoms with Crippen LogP contribution in [0.25, 0.3) is 0 Å². The van der Waals surface area contributed by atoms with Gasteiger partial charge >= 0.3 is 0 Å². The smallest absolute Gasteiger partial charge is 0.131 e. The zero-order valence-corrected chi connectivity index (χ0v) is 45.2. The van der Waals surface area contributed by atoms with Crippen LogP contribution in [0.2, 0.25) is 0 Å². The minimum atomic E-state index is 0.639. The van der Waals surface area contributed by atoms with Gasteiger partial charge in [0, 0.05) is 103 Å². The Morgan fingerprint density at radius 2 is 0.475 bits per heavy atom. The molecule has 12 aromatic carbocycles. The molecule has 0 bridgehead atoms. The average molecular weight is 1100 g/mol. The molecule has 7 nitrogen and oxygen atoms in total. The molecular formula is C72H54BrN5O2. The first kappa shape index (κ1) is 50.5. The topological polar surface area (TPSA) is 43.5 Å². The molecule has 0 aromatic heterocycles. The molecule has 0 spiro atoms. The van der Waals surface area contributed by atoms with Gasteiger partial charge in [0.2, 0.25) is 0 Å². The first-order chi connectivity index (χ1) is 39.5. The Balaban J connectivity index is 0.961. The first-order valence-corrected chi connectivity index (χ1v) is 27.3. The van der Waals surface area contributed by atoms with Crippen molar-refractivity contribution < 1.29 is 9.47 Å². The second-order valence-electron chi connectivity index (χ2n) is 18.9. The number of hydrogen-bond donors (Lipinski definition) is 1. The number of rotatable bonds is 18. The number of para-hydroxylation sites is 7. The van der Waals surface area contributed by atoms with Crippen LogP contribution in [-0.2, 0) is 0 Å². The van der Waals surface area contributed by atoms with Crippen LogP contribution in [-0.4, -0.2) is 0 Å². The van der Waals surface area contributed by atoms with Gasteiger partial charge in [0.1, 0.15) is 23.0 Å². The summed E-state index contributed by atoms with van der Waals surface area (Å²) in [5, 5.41) is 3.49. The summed E-state index contributed by atoms with van der Waals surface area (Å²) in [6.45, 7) is 0. The molecule has 0 radical (unpaired) electrons. The van der Waals surface area contributed by atoms with Crippen LogP contribution in [0.3, 0.4) is 0 Å². The van der Waals surface area contributed by atoms with Gasteiger partial charge in [0.15, 0.2) is 0 Å². The zero-order chi connectivity index (χ0) is 53.9. The molecule has 80 heavy (non-hydrogen) atoms. The lowest BCUT2D eigenvalue weighted by Crippen LogP contribution is -2.14. The van der Waals surface area contributed by atoms with Gasteiger partial charge in [-0.2, -0.15) is 0 Å². The highest BCUT2D eigenvalue weighted by atomic mass is 79.9. The normalized spacial score (nSPS) is 10.8. The summed E-state index contributed by atoms with van der Waals surface area (Å²) >= 11 is 3.94. The largest absolute Gasteiger partial charge is 0.457 e. The number of ether oxygens (including phenoxy) is 2. The summed E-state index contributed by atoms with van der Waals surface area (Å²) in [6, 6.07) is 110. The minimum Gasteiger partial charge on any atom is -0.457 e.